The minimum atomic E-state index is 0.308. The molecule has 1 heterocycles. The van der Waals surface area contributed by atoms with Gasteiger partial charge in [-0.2, -0.15) is 0 Å². The summed E-state index contributed by atoms with van der Waals surface area (Å²) in [6, 6.07) is 7.60. The standard InChI is InChI=1S/C15H17BrClN3/c1-4-18-15-12(16)13(9(2)3)19-14(20-15)10-6-5-7-11(17)8-10/h5-9H,4H2,1-3H3,(H,18,19,20). The van der Waals surface area contributed by atoms with Crippen molar-refractivity contribution in [2.75, 3.05) is 11.9 Å². The van der Waals surface area contributed by atoms with E-state index in [1.807, 2.05) is 31.2 Å². The summed E-state index contributed by atoms with van der Waals surface area (Å²) in [7, 11) is 0. The van der Waals surface area contributed by atoms with Crippen molar-refractivity contribution in [3.05, 3.63) is 39.5 Å². The quantitative estimate of drug-likeness (QED) is 0.828. The monoisotopic (exact) mass is 353 g/mol. The third-order valence-corrected chi connectivity index (χ3v) is 3.87. The summed E-state index contributed by atoms with van der Waals surface area (Å²) in [4.78, 5) is 9.26. The van der Waals surface area contributed by atoms with Crippen molar-refractivity contribution in [2.24, 2.45) is 0 Å². The van der Waals surface area contributed by atoms with E-state index in [0.29, 0.717) is 16.8 Å². The molecule has 0 aliphatic rings. The number of anilines is 1. The fraction of sp³-hybridized carbons (Fsp3) is 0.333. The molecule has 2 aromatic rings. The first kappa shape index (κ1) is 15.3. The normalized spacial score (nSPS) is 10.9. The van der Waals surface area contributed by atoms with Gasteiger partial charge in [-0.25, -0.2) is 9.97 Å². The largest absolute Gasteiger partial charge is 0.369 e. The molecule has 0 atom stereocenters. The number of hydrogen-bond donors (Lipinski definition) is 1. The van der Waals surface area contributed by atoms with E-state index >= 15 is 0 Å². The summed E-state index contributed by atoms with van der Waals surface area (Å²) < 4.78 is 0.931. The molecule has 0 aliphatic heterocycles. The van der Waals surface area contributed by atoms with Gasteiger partial charge in [-0.1, -0.05) is 37.6 Å². The van der Waals surface area contributed by atoms with Gasteiger partial charge >= 0.3 is 0 Å². The Morgan fingerprint density at radius 3 is 2.65 bits per heavy atom. The Labute approximate surface area is 132 Å². The summed E-state index contributed by atoms with van der Waals surface area (Å²) in [6.45, 7) is 7.08. The predicted molar refractivity (Wildman–Crippen MR) is 88.4 cm³/mol. The lowest BCUT2D eigenvalue weighted by molar-refractivity contribution is 0.809. The summed E-state index contributed by atoms with van der Waals surface area (Å²) in [6.07, 6.45) is 0. The smallest absolute Gasteiger partial charge is 0.161 e. The van der Waals surface area contributed by atoms with Gasteiger partial charge < -0.3 is 5.32 Å². The van der Waals surface area contributed by atoms with Crippen molar-refractivity contribution in [2.45, 2.75) is 26.7 Å². The van der Waals surface area contributed by atoms with Gasteiger partial charge in [-0.05, 0) is 40.9 Å². The lowest BCUT2D eigenvalue weighted by atomic mass is 10.1. The molecule has 0 amide bonds. The highest BCUT2D eigenvalue weighted by molar-refractivity contribution is 9.10. The minimum absolute atomic E-state index is 0.308. The van der Waals surface area contributed by atoms with Crippen molar-refractivity contribution >= 4 is 33.3 Å². The van der Waals surface area contributed by atoms with E-state index in [0.717, 1.165) is 28.1 Å². The number of nitrogens with one attached hydrogen (secondary N) is 1. The molecule has 106 valence electrons. The van der Waals surface area contributed by atoms with Crippen LogP contribution in [0.2, 0.25) is 5.02 Å². The zero-order valence-electron chi connectivity index (χ0n) is 11.7. The van der Waals surface area contributed by atoms with Crippen LogP contribution in [0.4, 0.5) is 5.82 Å². The van der Waals surface area contributed by atoms with Gasteiger partial charge in [-0.3, -0.25) is 0 Å². The van der Waals surface area contributed by atoms with Crippen LogP contribution in [0.25, 0.3) is 11.4 Å². The SMILES string of the molecule is CCNc1nc(-c2cccc(Cl)c2)nc(C(C)C)c1Br. The first-order chi connectivity index (χ1) is 9.52. The van der Waals surface area contributed by atoms with Gasteiger partial charge in [0, 0.05) is 17.1 Å². The molecule has 0 saturated carbocycles. The van der Waals surface area contributed by atoms with Gasteiger partial charge in [0.15, 0.2) is 5.82 Å². The Bertz CT molecular complexity index is 614. The third kappa shape index (κ3) is 3.30. The molecule has 2 rings (SSSR count). The van der Waals surface area contributed by atoms with Gasteiger partial charge in [0.05, 0.1) is 10.2 Å². The topological polar surface area (TPSA) is 37.8 Å². The van der Waals surface area contributed by atoms with Crippen LogP contribution in [-0.2, 0) is 0 Å². The molecule has 1 aromatic carbocycles. The highest BCUT2D eigenvalue weighted by Crippen LogP contribution is 2.31. The van der Waals surface area contributed by atoms with Crippen molar-refractivity contribution in [1.29, 1.82) is 0 Å². The molecule has 0 bridgehead atoms. The number of nitrogens with zero attached hydrogens (tertiary/aromatic N) is 2. The molecule has 0 radical (unpaired) electrons. The molecule has 0 unspecified atom stereocenters. The summed E-state index contributed by atoms with van der Waals surface area (Å²) in [5.41, 5.74) is 1.91. The fourth-order valence-corrected chi connectivity index (χ4v) is 2.85. The summed E-state index contributed by atoms with van der Waals surface area (Å²) in [5, 5.41) is 3.95. The number of benzene rings is 1. The van der Waals surface area contributed by atoms with Crippen molar-refractivity contribution in [3.8, 4) is 11.4 Å². The van der Waals surface area contributed by atoms with Gasteiger partial charge in [0.25, 0.3) is 0 Å². The molecule has 0 spiro atoms. The van der Waals surface area contributed by atoms with Gasteiger partial charge in [0.1, 0.15) is 5.82 Å². The van der Waals surface area contributed by atoms with Crippen LogP contribution in [0.1, 0.15) is 32.4 Å². The molecule has 1 N–H and O–H groups in total. The molecule has 20 heavy (non-hydrogen) atoms. The number of aromatic nitrogens is 2. The maximum Gasteiger partial charge on any atom is 0.161 e. The van der Waals surface area contributed by atoms with Crippen LogP contribution in [0.15, 0.2) is 28.7 Å². The second kappa shape index (κ2) is 6.55. The molecular formula is C15H17BrClN3. The number of halogens is 2. The Morgan fingerprint density at radius 1 is 1.30 bits per heavy atom. The van der Waals surface area contributed by atoms with E-state index in [-0.39, 0.29) is 0 Å². The Morgan fingerprint density at radius 2 is 2.05 bits per heavy atom. The van der Waals surface area contributed by atoms with E-state index < -0.39 is 0 Å². The third-order valence-electron chi connectivity index (χ3n) is 2.85. The first-order valence-corrected chi connectivity index (χ1v) is 7.77. The highest BCUT2D eigenvalue weighted by atomic mass is 79.9. The van der Waals surface area contributed by atoms with Gasteiger partial charge in [-0.15, -0.1) is 0 Å². The van der Waals surface area contributed by atoms with Crippen LogP contribution < -0.4 is 5.32 Å². The lowest BCUT2D eigenvalue weighted by Gasteiger charge is -2.14. The first-order valence-electron chi connectivity index (χ1n) is 6.60. The molecule has 0 aliphatic carbocycles. The molecule has 0 fully saturated rings. The molecule has 0 saturated heterocycles. The Balaban J connectivity index is 2.58. The van der Waals surface area contributed by atoms with E-state index in [9.17, 15) is 0 Å². The van der Waals surface area contributed by atoms with Crippen molar-refractivity contribution in [1.82, 2.24) is 9.97 Å². The van der Waals surface area contributed by atoms with Crippen LogP contribution in [0.5, 0.6) is 0 Å². The minimum Gasteiger partial charge on any atom is -0.369 e. The number of rotatable bonds is 4. The maximum atomic E-state index is 6.05. The fourth-order valence-electron chi connectivity index (χ4n) is 1.89. The van der Waals surface area contributed by atoms with Crippen LogP contribution in [-0.4, -0.2) is 16.5 Å². The average Bonchev–Trinajstić information content (AvgIpc) is 2.41. The summed E-state index contributed by atoms with van der Waals surface area (Å²) in [5.74, 6) is 1.82. The zero-order chi connectivity index (χ0) is 14.7. The van der Waals surface area contributed by atoms with Crippen LogP contribution in [0, 0.1) is 0 Å². The second-order valence-corrected chi connectivity index (χ2v) is 6.02. The molecule has 1 aromatic heterocycles. The Kier molecular flexibility index (Phi) is 5.00. The van der Waals surface area contributed by atoms with E-state index in [1.165, 1.54) is 0 Å². The van der Waals surface area contributed by atoms with E-state index in [1.54, 1.807) is 0 Å². The van der Waals surface area contributed by atoms with Gasteiger partial charge in [0.2, 0.25) is 0 Å². The number of hydrogen-bond acceptors (Lipinski definition) is 3. The van der Waals surface area contributed by atoms with E-state index in [2.05, 4.69) is 45.1 Å². The maximum absolute atomic E-state index is 6.05. The van der Waals surface area contributed by atoms with Crippen LogP contribution in [0.3, 0.4) is 0 Å². The molecule has 3 nitrogen and oxygen atoms in total. The van der Waals surface area contributed by atoms with Crippen LogP contribution >= 0.6 is 27.5 Å². The van der Waals surface area contributed by atoms with Crippen molar-refractivity contribution < 1.29 is 0 Å². The second-order valence-electron chi connectivity index (χ2n) is 4.79. The zero-order valence-corrected chi connectivity index (χ0v) is 14.1. The molecular weight excluding hydrogens is 338 g/mol. The average molecular weight is 355 g/mol. The lowest BCUT2D eigenvalue weighted by Crippen LogP contribution is -2.07. The van der Waals surface area contributed by atoms with Crippen molar-refractivity contribution in [3.63, 3.8) is 0 Å². The highest BCUT2D eigenvalue weighted by Gasteiger charge is 2.15. The van der Waals surface area contributed by atoms with E-state index in [4.69, 9.17) is 11.6 Å². The predicted octanol–water partition coefficient (Wildman–Crippen LogP) is 5.11. The summed E-state index contributed by atoms with van der Waals surface area (Å²) >= 11 is 9.64. The Hall–Kier alpha value is -1.13. The molecule has 5 heteroatoms.